The molecule has 0 fully saturated rings. The van der Waals surface area contributed by atoms with E-state index in [1.807, 2.05) is 0 Å². The van der Waals surface area contributed by atoms with Gasteiger partial charge in [-0.25, -0.2) is 14.4 Å². The summed E-state index contributed by atoms with van der Waals surface area (Å²) in [5.74, 6) is -0.167. The van der Waals surface area contributed by atoms with Crippen molar-refractivity contribution >= 4 is 5.82 Å². The Morgan fingerprint density at radius 1 is 1.18 bits per heavy atom. The molecule has 0 aliphatic carbocycles. The molecule has 0 atom stereocenters. The monoisotopic (exact) mass is 298 g/mol. The average molecular weight is 298 g/mol. The van der Waals surface area contributed by atoms with E-state index in [-0.39, 0.29) is 23.1 Å². The molecule has 3 aromatic rings. The number of nitrogens with two attached hydrogens (primary N) is 1. The van der Waals surface area contributed by atoms with Gasteiger partial charge in [0.2, 0.25) is 0 Å². The smallest absolute Gasteiger partial charge is 0.386 e. The fourth-order valence-corrected chi connectivity index (χ4v) is 1.92. The number of halogens is 1. The van der Waals surface area contributed by atoms with Crippen LogP contribution in [0.3, 0.4) is 0 Å². The van der Waals surface area contributed by atoms with Crippen LogP contribution in [0.25, 0.3) is 11.3 Å². The van der Waals surface area contributed by atoms with Gasteiger partial charge in [0, 0.05) is 11.6 Å². The second kappa shape index (κ2) is 5.72. The molecule has 0 spiro atoms. The number of aryl methyl sites for hydroxylation is 1. The number of rotatable bonds is 3. The van der Waals surface area contributed by atoms with Gasteiger partial charge in [0.1, 0.15) is 12.0 Å². The van der Waals surface area contributed by atoms with Crippen molar-refractivity contribution in [2.24, 2.45) is 0 Å². The normalized spacial score (nSPS) is 10.5. The lowest BCUT2D eigenvalue weighted by Crippen LogP contribution is -2.09. The van der Waals surface area contributed by atoms with Gasteiger partial charge in [-0.3, -0.25) is 4.98 Å². The minimum Gasteiger partial charge on any atom is -0.386 e. The van der Waals surface area contributed by atoms with E-state index in [4.69, 9.17) is 10.5 Å². The van der Waals surface area contributed by atoms with Crippen molar-refractivity contribution in [3.63, 3.8) is 0 Å². The Morgan fingerprint density at radius 3 is 2.73 bits per heavy atom. The number of hydrogen-bond donors (Lipinski definition) is 1. The highest BCUT2D eigenvalue weighted by Gasteiger charge is 2.18. The summed E-state index contributed by atoms with van der Waals surface area (Å²) in [7, 11) is 0. The van der Waals surface area contributed by atoms with Crippen molar-refractivity contribution in [1.82, 2.24) is 15.0 Å². The minimum absolute atomic E-state index is 0.0890. The van der Waals surface area contributed by atoms with Gasteiger partial charge in [-0.1, -0.05) is 6.07 Å². The molecule has 3 N–H and O–H groups in total. The van der Waals surface area contributed by atoms with Crippen LogP contribution in [-0.2, 0) is 0 Å². The SMILES string of the molecule is Cc1ccc(-c2cnc(N)cn2)c(F)c1Oc1nccc[nH+]1. The Labute approximate surface area is 125 Å². The van der Waals surface area contributed by atoms with Crippen LogP contribution >= 0.6 is 0 Å². The topological polar surface area (TPSA) is 88.1 Å². The zero-order chi connectivity index (χ0) is 15.5. The van der Waals surface area contributed by atoms with Crippen molar-refractivity contribution < 1.29 is 14.1 Å². The molecule has 0 unspecified atom stereocenters. The van der Waals surface area contributed by atoms with E-state index in [9.17, 15) is 4.39 Å². The number of anilines is 1. The number of nitrogen functional groups attached to an aromatic ring is 1. The van der Waals surface area contributed by atoms with Gasteiger partial charge < -0.3 is 10.5 Å². The molecule has 110 valence electrons. The summed E-state index contributed by atoms with van der Waals surface area (Å²) in [6.45, 7) is 1.75. The molecule has 0 radical (unpaired) electrons. The molecule has 6 nitrogen and oxygen atoms in total. The van der Waals surface area contributed by atoms with E-state index < -0.39 is 5.82 Å². The molecule has 1 aromatic carbocycles. The van der Waals surface area contributed by atoms with E-state index >= 15 is 0 Å². The van der Waals surface area contributed by atoms with Crippen molar-refractivity contribution in [2.45, 2.75) is 6.92 Å². The fourth-order valence-electron chi connectivity index (χ4n) is 1.92. The van der Waals surface area contributed by atoms with Gasteiger partial charge in [0.05, 0.1) is 24.3 Å². The van der Waals surface area contributed by atoms with Crippen molar-refractivity contribution in [1.29, 1.82) is 0 Å². The average Bonchev–Trinajstić information content (AvgIpc) is 2.54. The van der Waals surface area contributed by atoms with Crippen LogP contribution in [-0.4, -0.2) is 15.0 Å². The van der Waals surface area contributed by atoms with E-state index in [1.54, 1.807) is 37.5 Å². The second-order valence-electron chi connectivity index (χ2n) is 4.59. The maximum absolute atomic E-state index is 14.7. The Morgan fingerprint density at radius 2 is 2.05 bits per heavy atom. The maximum Gasteiger partial charge on any atom is 0.501 e. The van der Waals surface area contributed by atoms with Crippen LogP contribution in [0, 0.1) is 12.7 Å². The zero-order valence-corrected chi connectivity index (χ0v) is 11.7. The lowest BCUT2D eigenvalue weighted by atomic mass is 10.1. The van der Waals surface area contributed by atoms with Crippen LogP contribution in [0.1, 0.15) is 5.56 Å². The number of nitrogens with zero attached hydrogens (tertiary/aromatic N) is 3. The molecular weight excluding hydrogens is 285 g/mol. The number of H-pyrrole nitrogens is 1. The van der Waals surface area contributed by atoms with Crippen LogP contribution in [0.4, 0.5) is 10.2 Å². The van der Waals surface area contributed by atoms with Crippen molar-refractivity contribution in [3.8, 4) is 23.0 Å². The summed E-state index contributed by atoms with van der Waals surface area (Å²) in [5, 5.41) is 0. The Balaban J connectivity index is 2.04. The maximum atomic E-state index is 14.7. The summed E-state index contributed by atoms with van der Waals surface area (Å²) >= 11 is 0. The molecule has 0 saturated carbocycles. The molecule has 0 aliphatic heterocycles. The zero-order valence-electron chi connectivity index (χ0n) is 11.7. The van der Waals surface area contributed by atoms with Gasteiger partial charge in [-0.2, -0.15) is 0 Å². The van der Waals surface area contributed by atoms with Gasteiger partial charge >= 0.3 is 6.01 Å². The van der Waals surface area contributed by atoms with Gasteiger partial charge in [-0.15, -0.1) is 0 Å². The molecular formula is C15H13FN5O+. The third-order valence-electron chi connectivity index (χ3n) is 3.02. The first kappa shape index (κ1) is 13.9. The number of ether oxygens (including phenoxy) is 1. The summed E-state index contributed by atoms with van der Waals surface area (Å²) in [4.78, 5) is 14.8. The first-order valence-corrected chi connectivity index (χ1v) is 6.52. The number of aromatic nitrogens is 4. The first-order valence-electron chi connectivity index (χ1n) is 6.52. The van der Waals surface area contributed by atoms with Crippen molar-refractivity contribution in [2.75, 3.05) is 5.73 Å². The van der Waals surface area contributed by atoms with Gasteiger partial charge in [-0.05, 0) is 23.5 Å². The van der Waals surface area contributed by atoms with Crippen LogP contribution in [0.2, 0.25) is 0 Å². The highest BCUT2D eigenvalue weighted by Crippen LogP contribution is 2.32. The number of aromatic amines is 1. The van der Waals surface area contributed by atoms with Crippen LogP contribution < -0.4 is 15.5 Å². The fraction of sp³-hybridized carbons (Fsp3) is 0.0667. The Kier molecular flexibility index (Phi) is 3.61. The summed E-state index contributed by atoms with van der Waals surface area (Å²) < 4.78 is 20.3. The van der Waals surface area contributed by atoms with Crippen LogP contribution in [0.15, 0.2) is 43.0 Å². The van der Waals surface area contributed by atoms with Crippen molar-refractivity contribution in [3.05, 3.63) is 54.4 Å². The Bertz CT molecular complexity index is 793. The van der Waals surface area contributed by atoms with Gasteiger partial charge in [0.25, 0.3) is 0 Å². The molecule has 2 heterocycles. The molecule has 0 amide bonds. The first-order chi connectivity index (χ1) is 10.6. The predicted octanol–water partition coefficient (Wildman–Crippen LogP) is 2.17. The van der Waals surface area contributed by atoms with E-state index in [0.717, 1.165) is 0 Å². The predicted molar refractivity (Wildman–Crippen MR) is 77.4 cm³/mol. The number of nitrogens with one attached hydrogen (secondary N) is 1. The lowest BCUT2D eigenvalue weighted by Gasteiger charge is -2.09. The van der Waals surface area contributed by atoms with Crippen LogP contribution in [0.5, 0.6) is 11.8 Å². The molecule has 0 aliphatic rings. The van der Waals surface area contributed by atoms with E-state index in [0.29, 0.717) is 11.3 Å². The van der Waals surface area contributed by atoms with E-state index in [2.05, 4.69) is 19.9 Å². The van der Waals surface area contributed by atoms with E-state index in [1.165, 1.54) is 12.4 Å². The Hall–Kier alpha value is -3.09. The van der Waals surface area contributed by atoms with Gasteiger partial charge in [0.15, 0.2) is 11.6 Å². The molecule has 0 saturated heterocycles. The summed E-state index contributed by atoms with van der Waals surface area (Å²) in [5.41, 5.74) is 6.79. The lowest BCUT2D eigenvalue weighted by molar-refractivity contribution is -0.396. The third kappa shape index (κ3) is 2.69. The summed E-state index contributed by atoms with van der Waals surface area (Å²) in [6.07, 6.45) is 5.99. The molecule has 2 aromatic heterocycles. The third-order valence-corrected chi connectivity index (χ3v) is 3.02. The summed E-state index contributed by atoms with van der Waals surface area (Å²) in [6, 6.07) is 5.27. The quantitative estimate of drug-likeness (QED) is 0.800. The molecule has 0 bridgehead atoms. The largest absolute Gasteiger partial charge is 0.501 e. The number of hydrogen-bond acceptors (Lipinski definition) is 5. The second-order valence-corrected chi connectivity index (χ2v) is 4.59. The molecule has 3 rings (SSSR count). The molecule has 7 heteroatoms. The standard InChI is InChI=1S/C15H12FN5O/c1-9-3-4-10(11-7-21-12(17)8-20-11)13(16)14(9)22-15-18-5-2-6-19-15/h2-8H,1H3,(H2,17,21)/p+1. The number of benzene rings is 1. The highest BCUT2D eigenvalue weighted by molar-refractivity contribution is 5.63. The minimum atomic E-state index is -0.530. The molecule has 22 heavy (non-hydrogen) atoms. The highest BCUT2D eigenvalue weighted by atomic mass is 19.1.